The van der Waals surface area contributed by atoms with Gasteiger partial charge in [-0.3, -0.25) is 14.7 Å². The lowest BCUT2D eigenvalue weighted by molar-refractivity contribution is 0.0600. The molecule has 33 heavy (non-hydrogen) atoms. The predicted octanol–water partition coefficient (Wildman–Crippen LogP) is 3.49. The van der Waals surface area contributed by atoms with Crippen LogP contribution >= 0.6 is 0 Å². The van der Waals surface area contributed by atoms with Crippen molar-refractivity contribution in [2.45, 2.75) is 45.3 Å². The molecule has 8 heteroatoms. The number of benzene rings is 2. The summed E-state index contributed by atoms with van der Waals surface area (Å²) in [5, 5.41) is 6.51. The van der Waals surface area contributed by atoms with E-state index >= 15 is 0 Å². The molecule has 2 N–H and O–H groups in total. The SMILES string of the molecule is CCOc1nc2ccc(C(=O)NC3CCCCCN3)cc2n1Cc1ccc(C(=O)OC)cc1. The molecule has 0 bridgehead atoms. The van der Waals surface area contributed by atoms with Crippen molar-refractivity contribution in [2.24, 2.45) is 0 Å². The largest absolute Gasteiger partial charge is 0.465 e. The summed E-state index contributed by atoms with van der Waals surface area (Å²) >= 11 is 0. The maximum atomic E-state index is 12.9. The van der Waals surface area contributed by atoms with Crippen LogP contribution in [0.25, 0.3) is 11.0 Å². The Morgan fingerprint density at radius 3 is 2.67 bits per heavy atom. The smallest absolute Gasteiger partial charge is 0.337 e. The standard InChI is InChI=1S/C25H30N4O4/c1-3-33-25-27-20-13-12-19(23(30)28-22-7-5-4-6-14-26-22)15-21(20)29(25)16-17-8-10-18(11-9-17)24(31)32-2/h8-13,15,22,26H,3-7,14,16H2,1-2H3,(H,28,30). The fourth-order valence-corrected chi connectivity index (χ4v) is 4.07. The minimum atomic E-state index is -0.372. The van der Waals surface area contributed by atoms with Gasteiger partial charge >= 0.3 is 5.97 Å². The van der Waals surface area contributed by atoms with Crippen LogP contribution in [-0.2, 0) is 11.3 Å². The molecule has 1 unspecified atom stereocenters. The number of amides is 1. The Kier molecular flexibility index (Phi) is 7.24. The molecular formula is C25H30N4O4. The van der Waals surface area contributed by atoms with Gasteiger partial charge in [0.2, 0.25) is 0 Å². The van der Waals surface area contributed by atoms with Gasteiger partial charge in [-0.25, -0.2) is 4.79 Å². The number of fused-ring (bicyclic) bond motifs is 1. The lowest BCUT2D eigenvalue weighted by Gasteiger charge is -2.17. The predicted molar refractivity (Wildman–Crippen MR) is 126 cm³/mol. The zero-order valence-electron chi connectivity index (χ0n) is 19.1. The maximum Gasteiger partial charge on any atom is 0.337 e. The Morgan fingerprint density at radius 2 is 1.91 bits per heavy atom. The lowest BCUT2D eigenvalue weighted by atomic mass is 10.1. The second-order valence-electron chi connectivity index (χ2n) is 8.14. The van der Waals surface area contributed by atoms with Crippen LogP contribution in [0.1, 0.15) is 58.9 Å². The van der Waals surface area contributed by atoms with Gasteiger partial charge in [0.25, 0.3) is 11.9 Å². The summed E-state index contributed by atoms with van der Waals surface area (Å²) in [6.45, 7) is 3.80. The molecule has 1 aliphatic rings. The third-order valence-corrected chi connectivity index (χ3v) is 5.83. The van der Waals surface area contributed by atoms with Crippen molar-refractivity contribution in [1.29, 1.82) is 0 Å². The van der Waals surface area contributed by atoms with Crippen molar-refractivity contribution in [3.8, 4) is 6.01 Å². The first-order valence-corrected chi connectivity index (χ1v) is 11.4. The van der Waals surface area contributed by atoms with Crippen LogP contribution in [0.3, 0.4) is 0 Å². The highest BCUT2D eigenvalue weighted by atomic mass is 16.5. The number of rotatable bonds is 7. The van der Waals surface area contributed by atoms with Gasteiger partial charge in [0, 0.05) is 5.56 Å². The van der Waals surface area contributed by atoms with Crippen molar-refractivity contribution in [3.63, 3.8) is 0 Å². The van der Waals surface area contributed by atoms with E-state index in [1.165, 1.54) is 13.5 Å². The van der Waals surface area contributed by atoms with Gasteiger partial charge in [0.15, 0.2) is 0 Å². The summed E-state index contributed by atoms with van der Waals surface area (Å²) in [4.78, 5) is 29.3. The quantitative estimate of drug-likeness (QED) is 0.535. The maximum absolute atomic E-state index is 12.9. The molecule has 1 fully saturated rings. The lowest BCUT2D eigenvalue weighted by Crippen LogP contribution is -2.44. The first-order chi connectivity index (χ1) is 16.1. The number of nitrogens with zero attached hydrogens (tertiary/aromatic N) is 2. The summed E-state index contributed by atoms with van der Waals surface area (Å²) in [5.74, 6) is -0.479. The zero-order valence-corrected chi connectivity index (χ0v) is 19.1. The number of ether oxygens (including phenoxy) is 2. The van der Waals surface area contributed by atoms with E-state index in [1.54, 1.807) is 18.2 Å². The van der Waals surface area contributed by atoms with Gasteiger partial charge in [0.05, 0.1) is 43.0 Å². The summed E-state index contributed by atoms with van der Waals surface area (Å²) in [7, 11) is 1.36. The Hall–Kier alpha value is -3.39. The molecular weight excluding hydrogens is 420 g/mol. The van der Waals surface area contributed by atoms with Crippen LogP contribution in [-0.4, -0.2) is 47.9 Å². The van der Waals surface area contributed by atoms with Crippen LogP contribution in [0, 0.1) is 0 Å². The summed E-state index contributed by atoms with van der Waals surface area (Å²) in [5.41, 5.74) is 3.62. The molecule has 4 rings (SSSR count). The molecule has 1 atom stereocenters. The van der Waals surface area contributed by atoms with E-state index in [9.17, 15) is 9.59 Å². The minimum Gasteiger partial charge on any atom is -0.465 e. The van der Waals surface area contributed by atoms with Crippen molar-refractivity contribution in [3.05, 3.63) is 59.2 Å². The summed E-state index contributed by atoms with van der Waals surface area (Å²) in [6.07, 6.45) is 4.36. The third kappa shape index (κ3) is 5.34. The Bertz CT molecular complexity index is 1120. The Balaban J connectivity index is 1.61. The topological polar surface area (TPSA) is 94.5 Å². The molecule has 0 radical (unpaired) electrons. The fraction of sp³-hybridized carbons (Fsp3) is 0.400. The molecule has 1 aliphatic heterocycles. The second-order valence-corrected chi connectivity index (χ2v) is 8.14. The third-order valence-electron chi connectivity index (χ3n) is 5.83. The fourth-order valence-electron chi connectivity index (χ4n) is 4.07. The van der Waals surface area contributed by atoms with Gasteiger partial charge < -0.3 is 14.8 Å². The van der Waals surface area contributed by atoms with E-state index in [0.717, 1.165) is 42.4 Å². The van der Waals surface area contributed by atoms with Crippen molar-refractivity contribution in [1.82, 2.24) is 20.2 Å². The van der Waals surface area contributed by atoms with Gasteiger partial charge in [0.1, 0.15) is 0 Å². The highest BCUT2D eigenvalue weighted by Gasteiger charge is 2.18. The van der Waals surface area contributed by atoms with E-state index < -0.39 is 0 Å². The van der Waals surface area contributed by atoms with Crippen molar-refractivity contribution < 1.29 is 19.1 Å². The van der Waals surface area contributed by atoms with Crippen LogP contribution in [0.2, 0.25) is 0 Å². The number of carbonyl (C=O) groups excluding carboxylic acids is 2. The number of imidazole rings is 1. The van der Waals surface area contributed by atoms with E-state index in [1.807, 2.05) is 35.8 Å². The number of hydrogen-bond donors (Lipinski definition) is 2. The second kappa shape index (κ2) is 10.5. The number of nitrogens with one attached hydrogen (secondary N) is 2. The highest BCUT2D eigenvalue weighted by Crippen LogP contribution is 2.25. The molecule has 0 aliphatic carbocycles. The van der Waals surface area contributed by atoms with Gasteiger partial charge in [-0.2, -0.15) is 4.98 Å². The number of aromatic nitrogens is 2. The Labute approximate surface area is 193 Å². The van der Waals surface area contributed by atoms with E-state index in [2.05, 4.69) is 15.6 Å². The van der Waals surface area contributed by atoms with E-state index in [0.29, 0.717) is 30.3 Å². The average molecular weight is 451 g/mol. The first-order valence-electron chi connectivity index (χ1n) is 11.4. The molecule has 1 amide bonds. The number of esters is 1. The molecule has 1 saturated heterocycles. The number of carbonyl (C=O) groups is 2. The monoisotopic (exact) mass is 450 g/mol. The zero-order chi connectivity index (χ0) is 23.2. The Morgan fingerprint density at radius 1 is 1.12 bits per heavy atom. The summed E-state index contributed by atoms with van der Waals surface area (Å²) in [6, 6.07) is 13.2. The molecule has 8 nitrogen and oxygen atoms in total. The van der Waals surface area contributed by atoms with Gasteiger partial charge in [-0.15, -0.1) is 0 Å². The molecule has 3 aromatic rings. The molecule has 0 saturated carbocycles. The molecule has 0 spiro atoms. The van der Waals surface area contributed by atoms with Crippen LogP contribution < -0.4 is 15.4 Å². The molecule has 2 heterocycles. The van der Waals surface area contributed by atoms with Crippen molar-refractivity contribution >= 4 is 22.9 Å². The highest BCUT2D eigenvalue weighted by molar-refractivity contribution is 5.97. The first kappa shape index (κ1) is 22.8. The van der Waals surface area contributed by atoms with E-state index in [4.69, 9.17) is 9.47 Å². The number of hydrogen-bond acceptors (Lipinski definition) is 6. The molecule has 1 aromatic heterocycles. The summed E-state index contributed by atoms with van der Waals surface area (Å²) < 4.78 is 12.5. The normalized spacial score (nSPS) is 16.2. The average Bonchev–Trinajstić information content (AvgIpc) is 2.98. The minimum absolute atomic E-state index is 0.00656. The molecule has 2 aromatic carbocycles. The van der Waals surface area contributed by atoms with Crippen molar-refractivity contribution in [2.75, 3.05) is 20.3 Å². The number of methoxy groups -OCH3 is 1. The van der Waals surface area contributed by atoms with Crippen LogP contribution in [0.15, 0.2) is 42.5 Å². The molecule has 174 valence electrons. The van der Waals surface area contributed by atoms with Crippen LogP contribution in [0.4, 0.5) is 0 Å². The van der Waals surface area contributed by atoms with Crippen LogP contribution in [0.5, 0.6) is 6.01 Å². The van der Waals surface area contributed by atoms with Gasteiger partial charge in [-0.1, -0.05) is 25.0 Å². The van der Waals surface area contributed by atoms with E-state index in [-0.39, 0.29) is 18.0 Å². The van der Waals surface area contributed by atoms with Gasteiger partial charge in [-0.05, 0) is 62.2 Å².